The molecule has 1 saturated heterocycles. The van der Waals surface area contributed by atoms with E-state index < -0.39 is 34.6 Å². The number of nitrogens with zero attached hydrogens (tertiary/aromatic N) is 6. The third-order valence-corrected chi connectivity index (χ3v) is 8.06. The average Bonchev–Trinajstić information content (AvgIpc) is 2.99. The highest BCUT2D eigenvalue weighted by molar-refractivity contribution is 6.07. The second-order valence-electron chi connectivity index (χ2n) is 11.0. The van der Waals surface area contributed by atoms with Crippen molar-refractivity contribution in [1.29, 1.82) is 5.26 Å². The fraction of sp³-hybridized carbons (Fsp3) is 0.367. The van der Waals surface area contributed by atoms with Gasteiger partial charge in [0.1, 0.15) is 11.9 Å². The third-order valence-electron chi connectivity index (χ3n) is 8.06. The zero-order valence-electron chi connectivity index (χ0n) is 24.2. The number of piperazine rings is 1. The summed E-state index contributed by atoms with van der Waals surface area (Å²) >= 11 is 0. The van der Waals surface area contributed by atoms with Crippen LogP contribution in [0, 0.1) is 17.1 Å². The number of anilines is 3. The van der Waals surface area contributed by atoms with Gasteiger partial charge >= 0.3 is 6.18 Å². The second-order valence-corrected chi connectivity index (χ2v) is 11.0. The topological polar surface area (TPSA) is 121 Å². The van der Waals surface area contributed by atoms with E-state index in [-0.39, 0.29) is 29.9 Å². The Morgan fingerprint density at radius 3 is 2.43 bits per heavy atom. The Balaban J connectivity index is 1.54. The van der Waals surface area contributed by atoms with Crippen molar-refractivity contribution in [3.05, 3.63) is 81.3 Å². The van der Waals surface area contributed by atoms with Gasteiger partial charge in [-0.15, -0.1) is 0 Å². The zero-order chi connectivity index (χ0) is 31.8. The Morgan fingerprint density at radius 1 is 1.11 bits per heavy atom. The van der Waals surface area contributed by atoms with E-state index in [1.54, 1.807) is 0 Å². The number of nitrogens with one attached hydrogen (secondary N) is 2. The van der Waals surface area contributed by atoms with Gasteiger partial charge in [0.25, 0.3) is 5.91 Å². The maximum atomic E-state index is 15.9. The molecule has 2 N–H and O–H groups in total. The number of hydrogen-bond acceptors (Lipinski definition) is 8. The normalized spacial score (nSPS) is 19.4. The zero-order valence-corrected chi connectivity index (χ0v) is 24.2. The minimum atomic E-state index is -4.95. The Kier molecular flexibility index (Phi) is 8.42. The number of pyridine rings is 1. The first-order valence-electron chi connectivity index (χ1n) is 13.9. The average molecular weight is 611 g/mol. The first-order valence-corrected chi connectivity index (χ1v) is 13.9. The van der Waals surface area contributed by atoms with E-state index in [0.29, 0.717) is 54.9 Å². The number of halogens is 4. The third kappa shape index (κ3) is 6.28. The van der Waals surface area contributed by atoms with Gasteiger partial charge in [-0.2, -0.15) is 18.4 Å². The molecule has 2 aromatic heterocycles. The number of H-pyrrole nitrogens is 1. The van der Waals surface area contributed by atoms with E-state index >= 15 is 4.39 Å². The standard InChI is InChI=1S/C30H30F4N8O2/c1-17-14-42(15-18(2)40(17)3)26-9-24(31)21(20-5-4-6-41(16-20)29-37-11-19(10-35)12-38-29)7-25(26)39-28(44)22-13-36-27(43)8-23(22)30(32,33)34/h5,7-9,11-13,17-18H,4,6,14-16H2,1-3H3,(H,36,43)(H,39,44)/t17-,18+. The summed E-state index contributed by atoms with van der Waals surface area (Å²) in [7, 11) is 1.98. The lowest BCUT2D eigenvalue weighted by molar-refractivity contribution is -0.138. The molecule has 1 aromatic carbocycles. The number of likely N-dealkylation sites (N-methyl/N-ethyl adjacent to an activating group) is 1. The molecule has 0 radical (unpaired) electrons. The van der Waals surface area contributed by atoms with Gasteiger partial charge < -0.3 is 20.1 Å². The molecule has 14 heteroatoms. The smallest absolute Gasteiger partial charge is 0.367 e. The van der Waals surface area contributed by atoms with Crippen LogP contribution >= 0.6 is 0 Å². The Hall–Kier alpha value is -4.77. The van der Waals surface area contributed by atoms with Crippen molar-refractivity contribution in [1.82, 2.24) is 19.9 Å². The predicted octanol–water partition coefficient (Wildman–Crippen LogP) is 4.27. The summed E-state index contributed by atoms with van der Waals surface area (Å²) < 4.78 is 57.2. The van der Waals surface area contributed by atoms with Crippen LogP contribution in [-0.2, 0) is 6.18 Å². The lowest BCUT2D eigenvalue weighted by atomic mass is 9.98. The number of carbonyl (C=O) groups is 1. The molecular weight excluding hydrogens is 580 g/mol. The van der Waals surface area contributed by atoms with Crippen LogP contribution in [0.4, 0.5) is 34.9 Å². The van der Waals surface area contributed by atoms with Crippen LogP contribution in [-0.4, -0.2) is 71.1 Å². The molecular formula is C30H30F4N8O2. The Morgan fingerprint density at radius 2 is 1.80 bits per heavy atom. The fourth-order valence-electron chi connectivity index (χ4n) is 5.51. The van der Waals surface area contributed by atoms with E-state index in [1.807, 2.05) is 42.8 Å². The van der Waals surface area contributed by atoms with Crippen LogP contribution in [0.5, 0.6) is 0 Å². The van der Waals surface area contributed by atoms with Crippen molar-refractivity contribution in [2.45, 2.75) is 38.5 Å². The monoisotopic (exact) mass is 610 g/mol. The van der Waals surface area contributed by atoms with Crippen molar-refractivity contribution in [2.24, 2.45) is 0 Å². The number of benzene rings is 1. The molecule has 1 amide bonds. The number of hydrogen-bond donors (Lipinski definition) is 2. The Labute approximate surface area is 250 Å². The van der Waals surface area contributed by atoms with Gasteiger partial charge in [-0.05, 0) is 45.0 Å². The predicted molar refractivity (Wildman–Crippen MR) is 157 cm³/mol. The maximum Gasteiger partial charge on any atom is 0.417 e. The molecule has 2 aliphatic heterocycles. The lowest BCUT2D eigenvalue weighted by Crippen LogP contribution is -2.55. The van der Waals surface area contributed by atoms with Crippen molar-refractivity contribution in [3.63, 3.8) is 0 Å². The van der Waals surface area contributed by atoms with E-state index in [9.17, 15) is 22.8 Å². The van der Waals surface area contributed by atoms with Gasteiger partial charge in [-0.25, -0.2) is 14.4 Å². The van der Waals surface area contributed by atoms with Gasteiger partial charge in [0.2, 0.25) is 11.5 Å². The SMILES string of the molecule is C[C@@H]1CN(c2cc(F)c(C3=CCCN(c4ncc(C#N)cn4)C3)cc2NC(=O)c2c[nH]c(=O)cc2C(F)(F)F)C[C@H](C)N1C. The van der Waals surface area contributed by atoms with Gasteiger partial charge in [-0.1, -0.05) is 6.08 Å². The number of nitriles is 1. The molecule has 4 heterocycles. The number of aromatic nitrogens is 3. The fourth-order valence-corrected chi connectivity index (χ4v) is 5.51. The van der Waals surface area contributed by atoms with Crippen molar-refractivity contribution >= 4 is 28.8 Å². The summed E-state index contributed by atoms with van der Waals surface area (Å²) in [6.45, 7) is 5.75. The molecule has 2 aliphatic rings. The van der Waals surface area contributed by atoms with Crippen LogP contribution in [0.3, 0.4) is 0 Å². The van der Waals surface area contributed by atoms with E-state index in [0.717, 1.165) is 6.20 Å². The summed E-state index contributed by atoms with van der Waals surface area (Å²) in [6, 6.07) is 5.17. The van der Waals surface area contributed by atoms with E-state index in [1.165, 1.54) is 24.5 Å². The van der Waals surface area contributed by atoms with Crippen molar-refractivity contribution in [3.8, 4) is 6.07 Å². The molecule has 44 heavy (non-hydrogen) atoms. The van der Waals surface area contributed by atoms with E-state index in [4.69, 9.17) is 5.26 Å². The highest BCUT2D eigenvalue weighted by atomic mass is 19.4. The van der Waals surface area contributed by atoms with Gasteiger partial charge in [0.05, 0.1) is 40.5 Å². The van der Waals surface area contributed by atoms with Crippen LogP contribution in [0.15, 0.2) is 47.7 Å². The van der Waals surface area contributed by atoms with Gasteiger partial charge in [-0.3, -0.25) is 14.5 Å². The highest BCUT2D eigenvalue weighted by Gasteiger charge is 2.36. The Bertz CT molecular complexity index is 1690. The molecule has 0 spiro atoms. The summed E-state index contributed by atoms with van der Waals surface area (Å²) in [6.07, 6.45) is 0.948. The summed E-state index contributed by atoms with van der Waals surface area (Å²) in [5.41, 5.74) is -1.66. The van der Waals surface area contributed by atoms with Gasteiger partial charge in [0.15, 0.2) is 0 Å². The van der Waals surface area contributed by atoms with Crippen molar-refractivity contribution in [2.75, 3.05) is 48.3 Å². The molecule has 1 fully saturated rings. The quantitative estimate of drug-likeness (QED) is 0.411. The molecule has 0 saturated carbocycles. The minimum Gasteiger partial charge on any atom is -0.367 e. The number of carbonyl (C=O) groups excluding carboxylic acids is 1. The largest absolute Gasteiger partial charge is 0.417 e. The van der Waals surface area contributed by atoms with Crippen molar-refractivity contribution < 1.29 is 22.4 Å². The van der Waals surface area contributed by atoms with E-state index in [2.05, 4.69) is 25.2 Å². The lowest BCUT2D eigenvalue weighted by Gasteiger charge is -2.44. The van der Waals surface area contributed by atoms with Crippen LogP contribution < -0.4 is 20.7 Å². The molecule has 0 unspecified atom stereocenters. The first-order chi connectivity index (χ1) is 20.8. The maximum absolute atomic E-state index is 15.9. The first kappa shape index (κ1) is 30.7. The molecule has 5 rings (SSSR count). The highest BCUT2D eigenvalue weighted by Crippen LogP contribution is 2.37. The summed E-state index contributed by atoms with van der Waals surface area (Å²) in [4.78, 5) is 41.5. The van der Waals surface area contributed by atoms with Crippen LogP contribution in [0.25, 0.3) is 5.57 Å². The molecule has 0 bridgehead atoms. The molecule has 0 aliphatic carbocycles. The number of rotatable bonds is 5. The molecule has 2 atom stereocenters. The van der Waals surface area contributed by atoms with Crippen LogP contribution in [0.1, 0.15) is 47.3 Å². The molecule has 230 valence electrons. The molecule has 10 nitrogen and oxygen atoms in total. The second kappa shape index (κ2) is 12.1. The summed E-state index contributed by atoms with van der Waals surface area (Å²) in [5, 5.41) is 11.6. The van der Waals surface area contributed by atoms with Crippen LogP contribution in [0.2, 0.25) is 0 Å². The molecule has 3 aromatic rings. The minimum absolute atomic E-state index is 0.0723. The number of aromatic amines is 1. The number of alkyl halides is 3. The summed E-state index contributed by atoms with van der Waals surface area (Å²) in [5.74, 6) is -1.31. The number of amides is 1. The van der Waals surface area contributed by atoms with Gasteiger partial charge in [0, 0.05) is 56.1 Å².